The molecule has 0 radical (unpaired) electrons. The number of rotatable bonds is 6. The number of carbonyl (C=O) groups excluding carboxylic acids is 1. The zero-order valence-corrected chi connectivity index (χ0v) is 16.2. The van der Waals surface area contributed by atoms with E-state index in [1.807, 2.05) is 16.7 Å². The van der Waals surface area contributed by atoms with Crippen LogP contribution in [0.15, 0.2) is 24.3 Å². The summed E-state index contributed by atoms with van der Waals surface area (Å²) in [6.07, 6.45) is 5.11. The zero-order chi connectivity index (χ0) is 19.2. The number of carboxylic acids is 1. The third-order valence-electron chi connectivity index (χ3n) is 6.01. The van der Waals surface area contributed by atoms with Gasteiger partial charge in [0.05, 0.1) is 6.54 Å². The molecule has 1 heterocycles. The number of aliphatic carboxylic acids is 1. The molecule has 1 aromatic carbocycles. The molecule has 2 aliphatic rings. The van der Waals surface area contributed by atoms with Crippen LogP contribution < -0.4 is 5.32 Å². The first kappa shape index (κ1) is 19.7. The van der Waals surface area contributed by atoms with E-state index in [9.17, 15) is 9.59 Å². The van der Waals surface area contributed by atoms with E-state index in [1.165, 1.54) is 17.5 Å². The summed E-state index contributed by atoms with van der Waals surface area (Å²) in [6, 6.07) is 8.83. The van der Waals surface area contributed by atoms with Gasteiger partial charge in [0.2, 0.25) is 0 Å². The number of carbonyl (C=O) groups is 2. The number of hydrogen-bond acceptors (Lipinski definition) is 3. The van der Waals surface area contributed by atoms with Crippen LogP contribution in [0.4, 0.5) is 4.79 Å². The lowest BCUT2D eigenvalue weighted by molar-refractivity contribution is -0.139. The van der Waals surface area contributed by atoms with Gasteiger partial charge < -0.3 is 15.3 Å². The molecular weight excluding hydrogens is 342 g/mol. The molecule has 3 rings (SSSR count). The van der Waals surface area contributed by atoms with E-state index < -0.39 is 5.97 Å². The molecule has 2 amide bonds. The van der Waals surface area contributed by atoms with Crippen molar-refractivity contribution in [1.29, 1.82) is 0 Å². The summed E-state index contributed by atoms with van der Waals surface area (Å²) in [4.78, 5) is 27.4. The highest BCUT2D eigenvalue weighted by molar-refractivity contribution is 5.74. The maximum absolute atomic E-state index is 12.6. The fourth-order valence-corrected chi connectivity index (χ4v) is 4.50. The third-order valence-corrected chi connectivity index (χ3v) is 6.01. The third kappa shape index (κ3) is 5.01. The van der Waals surface area contributed by atoms with Crippen LogP contribution in [0.5, 0.6) is 0 Å². The van der Waals surface area contributed by atoms with Gasteiger partial charge in [-0.05, 0) is 49.8 Å². The quantitative estimate of drug-likeness (QED) is 0.804. The smallest absolute Gasteiger partial charge is 0.317 e. The van der Waals surface area contributed by atoms with E-state index in [0.29, 0.717) is 25.6 Å². The number of nitrogens with one attached hydrogen (secondary N) is 1. The van der Waals surface area contributed by atoms with Gasteiger partial charge in [0.25, 0.3) is 0 Å². The number of piperidine rings is 1. The van der Waals surface area contributed by atoms with E-state index >= 15 is 0 Å². The standard InChI is InChI=1S/C21H31N3O3/c1-2-23(15-20(25)26)18-10-12-24(13-11-18)21(27)22-14-17-8-5-7-16-6-3-4-9-19(16)17/h3-4,6,9,17-18H,2,5,7-8,10-15H2,1H3,(H,22,27)(H,25,26). The van der Waals surface area contributed by atoms with Crippen LogP contribution in [0.1, 0.15) is 49.7 Å². The number of urea groups is 1. The molecule has 1 fully saturated rings. The number of benzene rings is 1. The molecule has 1 saturated heterocycles. The lowest BCUT2D eigenvalue weighted by Crippen LogP contribution is -2.50. The van der Waals surface area contributed by atoms with Gasteiger partial charge in [0.15, 0.2) is 0 Å². The first-order valence-electron chi connectivity index (χ1n) is 10.1. The Balaban J connectivity index is 1.47. The minimum Gasteiger partial charge on any atom is -0.480 e. The maximum Gasteiger partial charge on any atom is 0.317 e. The zero-order valence-electron chi connectivity index (χ0n) is 16.2. The van der Waals surface area contributed by atoms with Gasteiger partial charge in [-0.2, -0.15) is 0 Å². The molecule has 1 unspecified atom stereocenters. The lowest BCUT2D eigenvalue weighted by atomic mass is 9.83. The Labute approximate surface area is 161 Å². The van der Waals surface area contributed by atoms with Crippen LogP contribution in [0, 0.1) is 0 Å². The van der Waals surface area contributed by atoms with Crippen molar-refractivity contribution in [1.82, 2.24) is 15.1 Å². The van der Waals surface area contributed by atoms with Gasteiger partial charge in [-0.3, -0.25) is 9.69 Å². The van der Waals surface area contributed by atoms with Gasteiger partial charge in [0.1, 0.15) is 0 Å². The molecule has 148 valence electrons. The number of likely N-dealkylation sites (tertiary alicyclic amines) is 1. The Morgan fingerprint density at radius 3 is 2.67 bits per heavy atom. The van der Waals surface area contributed by atoms with E-state index in [-0.39, 0.29) is 18.6 Å². The Kier molecular flexibility index (Phi) is 6.72. The fraction of sp³-hybridized carbons (Fsp3) is 0.619. The van der Waals surface area contributed by atoms with E-state index in [2.05, 4.69) is 29.6 Å². The van der Waals surface area contributed by atoms with Crippen molar-refractivity contribution >= 4 is 12.0 Å². The normalized spacial score (nSPS) is 20.4. The molecule has 1 aliphatic carbocycles. The predicted octanol–water partition coefficient (Wildman–Crippen LogP) is 2.69. The van der Waals surface area contributed by atoms with Crippen molar-refractivity contribution in [2.45, 2.75) is 51.0 Å². The summed E-state index contributed by atoms with van der Waals surface area (Å²) in [5.74, 6) is -0.382. The minimum atomic E-state index is -0.787. The summed E-state index contributed by atoms with van der Waals surface area (Å²) in [7, 11) is 0. The number of aryl methyl sites for hydroxylation is 1. The SMILES string of the molecule is CCN(CC(=O)O)C1CCN(C(=O)NCC2CCCc3ccccc32)CC1. The molecule has 1 aromatic rings. The molecular formula is C21H31N3O3. The van der Waals surface area contributed by atoms with Crippen LogP contribution in [0.2, 0.25) is 0 Å². The summed E-state index contributed by atoms with van der Waals surface area (Å²) in [5.41, 5.74) is 2.80. The second kappa shape index (κ2) is 9.22. The predicted molar refractivity (Wildman–Crippen MR) is 105 cm³/mol. The summed E-state index contributed by atoms with van der Waals surface area (Å²) < 4.78 is 0. The number of fused-ring (bicyclic) bond motifs is 1. The van der Waals surface area contributed by atoms with Gasteiger partial charge in [0, 0.05) is 31.6 Å². The average molecular weight is 373 g/mol. The van der Waals surface area contributed by atoms with Crippen LogP contribution in [-0.4, -0.2) is 65.7 Å². The van der Waals surface area contributed by atoms with Crippen molar-refractivity contribution in [3.63, 3.8) is 0 Å². The Morgan fingerprint density at radius 2 is 1.96 bits per heavy atom. The fourth-order valence-electron chi connectivity index (χ4n) is 4.50. The average Bonchev–Trinajstić information content (AvgIpc) is 2.70. The van der Waals surface area contributed by atoms with Crippen molar-refractivity contribution in [2.24, 2.45) is 0 Å². The first-order chi connectivity index (χ1) is 13.1. The second-order valence-corrected chi connectivity index (χ2v) is 7.65. The highest BCUT2D eigenvalue weighted by atomic mass is 16.4. The maximum atomic E-state index is 12.6. The summed E-state index contributed by atoms with van der Waals surface area (Å²) in [5, 5.41) is 12.2. The number of nitrogens with zero attached hydrogens (tertiary/aromatic N) is 2. The van der Waals surface area contributed by atoms with Gasteiger partial charge in [-0.1, -0.05) is 31.2 Å². The molecule has 0 bridgehead atoms. The monoisotopic (exact) mass is 373 g/mol. The lowest BCUT2D eigenvalue weighted by Gasteiger charge is -2.37. The molecule has 6 heteroatoms. The van der Waals surface area contributed by atoms with Gasteiger partial charge in [-0.25, -0.2) is 4.79 Å². The van der Waals surface area contributed by atoms with Crippen molar-refractivity contribution in [3.8, 4) is 0 Å². The minimum absolute atomic E-state index is 0.0118. The topological polar surface area (TPSA) is 72.9 Å². The highest BCUT2D eigenvalue weighted by Gasteiger charge is 2.28. The molecule has 1 aliphatic heterocycles. The molecule has 2 N–H and O–H groups in total. The van der Waals surface area contributed by atoms with Crippen LogP contribution in [0.3, 0.4) is 0 Å². The van der Waals surface area contributed by atoms with Gasteiger partial charge >= 0.3 is 12.0 Å². The van der Waals surface area contributed by atoms with Crippen molar-refractivity contribution in [2.75, 3.05) is 32.7 Å². The van der Waals surface area contributed by atoms with Crippen molar-refractivity contribution in [3.05, 3.63) is 35.4 Å². The van der Waals surface area contributed by atoms with E-state index in [1.54, 1.807) is 0 Å². The molecule has 0 aromatic heterocycles. The van der Waals surface area contributed by atoms with Crippen LogP contribution in [0.25, 0.3) is 0 Å². The first-order valence-corrected chi connectivity index (χ1v) is 10.1. The van der Waals surface area contributed by atoms with Crippen LogP contribution >= 0.6 is 0 Å². The number of hydrogen-bond donors (Lipinski definition) is 2. The molecule has 0 spiro atoms. The number of carboxylic acid groups (broad SMARTS) is 1. The second-order valence-electron chi connectivity index (χ2n) is 7.65. The Morgan fingerprint density at radius 1 is 1.22 bits per heavy atom. The summed E-state index contributed by atoms with van der Waals surface area (Å²) >= 11 is 0. The molecule has 6 nitrogen and oxygen atoms in total. The largest absolute Gasteiger partial charge is 0.480 e. The van der Waals surface area contributed by atoms with Crippen LogP contribution in [-0.2, 0) is 11.2 Å². The summed E-state index contributed by atoms with van der Waals surface area (Å²) in [6.45, 7) is 4.86. The van der Waals surface area contributed by atoms with E-state index in [0.717, 1.165) is 32.2 Å². The number of likely N-dealkylation sites (N-methyl/N-ethyl adjacent to an activating group) is 1. The van der Waals surface area contributed by atoms with E-state index in [4.69, 9.17) is 5.11 Å². The number of amides is 2. The van der Waals surface area contributed by atoms with Gasteiger partial charge in [-0.15, -0.1) is 0 Å². The Bertz CT molecular complexity index is 656. The highest BCUT2D eigenvalue weighted by Crippen LogP contribution is 2.30. The molecule has 27 heavy (non-hydrogen) atoms. The Hall–Kier alpha value is -2.08. The van der Waals surface area contributed by atoms with Crippen molar-refractivity contribution < 1.29 is 14.7 Å². The molecule has 1 atom stereocenters. The molecule has 0 saturated carbocycles.